The number of methoxy groups -OCH3 is 1. The van der Waals surface area contributed by atoms with Crippen LogP contribution in [-0.4, -0.2) is 56.5 Å². The van der Waals surface area contributed by atoms with Gasteiger partial charge in [0.25, 0.3) is 0 Å². The van der Waals surface area contributed by atoms with Gasteiger partial charge in [-0.05, 0) is 13.0 Å². The Morgan fingerprint density at radius 1 is 1.60 bits per heavy atom. The molecule has 6 heteroatoms. The van der Waals surface area contributed by atoms with Crippen LogP contribution in [-0.2, 0) is 9.47 Å². The van der Waals surface area contributed by atoms with E-state index in [1.54, 1.807) is 7.11 Å². The zero-order chi connectivity index (χ0) is 14.0. The molecule has 2 aliphatic heterocycles. The largest absolute Gasteiger partial charge is 0.384 e. The number of rotatable bonds is 5. The van der Waals surface area contributed by atoms with Crippen LogP contribution in [0.3, 0.4) is 0 Å². The zero-order valence-corrected chi connectivity index (χ0v) is 12.1. The monoisotopic (exact) mass is 278 g/mol. The van der Waals surface area contributed by atoms with E-state index in [2.05, 4.69) is 27.1 Å². The maximum Gasteiger partial charge on any atom is 0.227 e. The predicted octanol–water partition coefficient (Wildman–Crippen LogP) is 1.01. The third kappa shape index (κ3) is 2.33. The maximum atomic E-state index is 5.65. The normalized spacial score (nSPS) is 28.7. The van der Waals surface area contributed by atoms with Crippen LogP contribution in [0.15, 0.2) is 12.3 Å². The molecule has 3 heterocycles. The molecule has 0 amide bonds. The van der Waals surface area contributed by atoms with Gasteiger partial charge in [-0.2, -0.15) is 4.98 Å². The maximum absolute atomic E-state index is 5.65. The van der Waals surface area contributed by atoms with Crippen molar-refractivity contribution in [2.75, 3.05) is 56.8 Å². The van der Waals surface area contributed by atoms with Gasteiger partial charge >= 0.3 is 0 Å². The average Bonchev–Trinajstić information content (AvgIpc) is 2.96. The lowest BCUT2D eigenvalue weighted by molar-refractivity contribution is 0.0660. The fourth-order valence-corrected chi connectivity index (χ4v) is 3.26. The quantitative estimate of drug-likeness (QED) is 0.867. The molecule has 6 nitrogen and oxygen atoms in total. The van der Waals surface area contributed by atoms with Gasteiger partial charge in [-0.1, -0.05) is 0 Å². The van der Waals surface area contributed by atoms with Crippen LogP contribution in [0.5, 0.6) is 0 Å². The Labute approximate surface area is 119 Å². The Kier molecular flexibility index (Phi) is 3.76. The Hall–Kier alpha value is -1.40. The molecular weight excluding hydrogens is 256 g/mol. The van der Waals surface area contributed by atoms with E-state index in [4.69, 9.17) is 9.47 Å². The van der Waals surface area contributed by atoms with E-state index in [0.717, 1.165) is 51.2 Å². The first-order chi connectivity index (χ1) is 9.77. The number of fused-ring (bicyclic) bond motifs is 1. The Morgan fingerprint density at radius 2 is 2.50 bits per heavy atom. The van der Waals surface area contributed by atoms with Crippen LogP contribution < -0.4 is 10.2 Å². The topological polar surface area (TPSA) is 59.5 Å². The molecule has 1 N–H and O–H groups in total. The molecule has 2 saturated heterocycles. The second-order valence-electron chi connectivity index (χ2n) is 5.66. The fourth-order valence-electron chi connectivity index (χ4n) is 3.26. The van der Waals surface area contributed by atoms with Gasteiger partial charge < -0.3 is 19.7 Å². The van der Waals surface area contributed by atoms with E-state index in [1.165, 1.54) is 0 Å². The number of nitrogens with one attached hydrogen (secondary N) is 1. The van der Waals surface area contributed by atoms with Gasteiger partial charge in [0.1, 0.15) is 5.82 Å². The average molecular weight is 278 g/mol. The highest BCUT2D eigenvalue weighted by atomic mass is 16.5. The Morgan fingerprint density at radius 3 is 3.30 bits per heavy atom. The highest BCUT2D eigenvalue weighted by molar-refractivity contribution is 5.42. The number of nitrogens with zero attached hydrogens (tertiary/aromatic N) is 3. The van der Waals surface area contributed by atoms with Crippen molar-refractivity contribution in [1.29, 1.82) is 0 Å². The number of aromatic nitrogens is 2. The van der Waals surface area contributed by atoms with Crippen molar-refractivity contribution in [2.24, 2.45) is 11.3 Å². The van der Waals surface area contributed by atoms with Crippen LogP contribution in [0.25, 0.3) is 0 Å². The second-order valence-corrected chi connectivity index (χ2v) is 5.66. The molecule has 0 bridgehead atoms. The fraction of sp³-hybridized carbons (Fsp3) is 0.714. The van der Waals surface area contributed by atoms with E-state index in [9.17, 15) is 0 Å². The molecule has 0 radical (unpaired) electrons. The van der Waals surface area contributed by atoms with Gasteiger partial charge in [0, 0.05) is 44.3 Å². The zero-order valence-electron chi connectivity index (χ0n) is 12.1. The summed E-state index contributed by atoms with van der Waals surface area (Å²) in [5, 5.41) is 3.23. The minimum Gasteiger partial charge on any atom is -0.384 e. The molecule has 110 valence electrons. The predicted molar refractivity (Wildman–Crippen MR) is 77.0 cm³/mol. The molecular formula is C14H22N4O2. The lowest BCUT2D eigenvalue weighted by Crippen LogP contribution is -2.35. The minimum atomic E-state index is 0.103. The minimum absolute atomic E-state index is 0.103. The van der Waals surface area contributed by atoms with E-state index in [-0.39, 0.29) is 5.41 Å². The number of ether oxygens (including phenoxy) is 2. The first-order valence-corrected chi connectivity index (χ1v) is 7.16. The molecule has 0 spiro atoms. The Bertz CT molecular complexity index is 470. The molecule has 2 atom stereocenters. The Balaban J connectivity index is 1.78. The van der Waals surface area contributed by atoms with Crippen LogP contribution in [0.4, 0.5) is 11.8 Å². The van der Waals surface area contributed by atoms with Gasteiger partial charge in [0.15, 0.2) is 0 Å². The van der Waals surface area contributed by atoms with E-state index >= 15 is 0 Å². The van der Waals surface area contributed by atoms with Crippen molar-refractivity contribution < 1.29 is 9.47 Å². The van der Waals surface area contributed by atoms with Gasteiger partial charge in [-0.3, -0.25) is 0 Å². The summed E-state index contributed by atoms with van der Waals surface area (Å²) in [6.45, 7) is 7.09. The van der Waals surface area contributed by atoms with Gasteiger partial charge in [0.2, 0.25) is 5.95 Å². The van der Waals surface area contributed by atoms with Crippen molar-refractivity contribution in [3.63, 3.8) is 0 Å². The number of hydrogen-bond donors (Lipinski definition) is 1. The van der Waals surface area contributed by atoms with Crippen molar-refractivity contribution in [3.05, 3.63) is 12.3 Å². The molecule has 0 unspecified atom stereocenters. The summed E-state index contributed by atoms with van der Waals surface area (Å²) in [7, 11) is 1.76. The van der Waals surface area contributed by atoms with Gasteiger partial charge in [-0.15, -0.1) is 0 Å². The molecule has 0 aromatic carbocycles. The SMILES string of the molecule is CCNc1ccnc(N2C[C@H]3COC[C@@]3(COC)C2)n1. The summed E-state index contributed by atoms with van der Waals surface area (Å²) in [6.07, 6.45) is 1.81. The summed E-state index contributed by atoms with van der Waals surface area (Å²) >= 11 is 0. The standard InChI is InChI=1S/C14H22N4O2/c1-3-15-12-4-5-16-13(17-12)18-6-11-7-20-10-14(11,8-18)9-19-2/h4-5,11H,3,6-10H2,1-2H3,(H,15,16,17)/t11-,14-/m0/s1. The lowest BCUT2D eigenvalue weighted by atomic mass is 9.82. The van der Waals surface area contributed by atoms with Crippen LogP contribution >= 0.6 is 0 Å². The van der Waals surface area contributed by atoms with E-state index < -0.39 is 0 Å². The van der Waals surface area contributed by atoms with Crippen LogP contribution in [0.2, 0.25) is 0 Å². The summed E-state index contributed by atoms with van der Waals surface area (Å²) in [6, 6.07) is 1.90. The first-order valence-electron chi connectivity index (χ1n) is 7.16. The molecule has 0 aliphatic carbocycles. The summed E-state index contributed by atoms with van der Waals surface area (Å²) in [5.74, 6) is 2.19. The number of anilines is 2. The van der Waals surface area contributed by atoms with Crippen molar-refractivity contribution in [2.45, 2.75) is 6.92 Å². The van der Waals surface area contributed by atoms with E-state index in [0.29, 0.717) is 5.92 Å². The molecule has 3 rings (SSSR count). The van der Waals surface area contributed by atoms with Crippen molar-refractivity contribution in [1.82, 2.24) is 9.97 Å². The molecule has 1 aromatic heterocycles. The lowest BCUT2D eigenvalue weighted by Gasteiger charge is -2.26. The third-order valence-corrected chi connectivity index (χ3v) is 4.24. The van der Waals surface area contributed by atoms with Crippen LogP contribution in [0, 0.1) is 11.3 Å². The molecule has 1 aromatic rings. The summed E-state index contributed by atoms with van der Waals surface area (Å²) in [4.78, 5) is 11.3. The highest BCUT2D eigenvalue weighted by Gasteiger charge is 2.51. The molecule has 0 saturated carbocycles. The number of hydrogen-bond acceptors (Lipinski definition) is 6. The van der Waals surface area contributed by atoms with Gasteiger partial charge in [0.05, 0.1) is 19.8 Å². The molecule has 2 aliphatic rings. The van der Waals surface area contributed by atoms with Gasteiger partial charge in [-0.25, -0.2) is 4.98 Å². The molecule has 2 fully saturated rings. The summed E-state index contributed by atoms with van der Waals surface area (Å²) in [5.41, 5.74) is 0.103. The van der Waals surface area contributed by atoms with Crippen molar-refractivity contribution in [3.8, 4) is 0 Å². The third-order valence-electron chi connectivity index (χ3n) is 4.24. The smallest absolute Gasteiger partial charge is 0.227 e. The molecule has 20 heavy (non-hydrogen) atoms. The van der Waals surface area contributed by atoms with Crippen LogP contribution in [0.1, 0.15) is 6.92 Å². The first kappa shape index (κ1) is 13.6. The second kappa shape index (κ2) is 5.54. The van der Waals surface area contributed by atoms with E-state index in [1.807, 2.05) is 12.3 Å². The summed E-state index contributed by atoms with van der Waals surface area (Å²) < 4.78 is 11.1. The highest BCUT2D eigenvalue weighted by Crippen LogP contribution is 2.42. The van der Waals surface area contributed by atoms with Crippen molar-refractivity contribution >= 4 is 11.8 Å².